The molecular weight excluding hydrogens is 312 g/mol. The van der Waals surface area contributed by atoms with Crippen molar-refractivity contribution in [2.24, 2.45) is 0 Å². The molecule has 2 heterocycles. The highest BCUT2D eigenvalue weighted by atomic mass is 32.2. The summed E-state index contributed by atoms with van der Waals surface area (Å²) >= 11 is 1.52. The Morgan fingerprint density at radius 2 is 1.87 bits per heavy atom. The molecule has 0 N–H and O–H groups in total. The van der Waals surface area contributed by atoms with E-state index in [2.05, 4.69) is 64.0 Å². The van der Waals surface area contributed by atoms with Crippen molar-refractivity contribution >= 4 is 11.8 Å². The molecule has 120 valence electrons. The van der Waals surface area contributed by atoms with Gasteiger partial charge >= 0.3 is 0 Å². The number of hydrogen-bond donors (Lipinski definition) is 0. The van der Waals surface area contributed by atoms with Crippen molar-refractivity contribution in [1.29, 1.82) is 0 Å². The molecular formula is C14H18N8S. The van der Waals surface area contributed by atoms with Crippen LogP contribution in [0.3, 0.4) is 0 Å². The first-order chi connectivity index (χ1) is 11.2. The summed E-state index contributed by atoms with van der Waals surface area (Å²) in [5.74, 6) is 1.45. The molecule has 9 heteroatoms. The van der Waals surface area contributed by atoms with Gasteiger partial charge in [-0.05, 0) is 64.4 Å². The summed E-state index contributed by atoms with van der Waals surface area (Å²) in [6, 6.07) is 6.17. The number of tetrazole rings is 2. The zero-order valence-corrected chi connectivity index (χ0v) is 14.2. The first-order valence-electron chi connectivity index (χ1n) is 7.43. The van der Waals surface area contributed by atoms with E-state index >= 15 is 0 Å². The zero-order chi connectivity index (χ0) is 16.2. The van der Waals surface area contributed by atoms with Gasteiger partial charge < -0.3 is 0 Å². The average Bonchev–Trinajstić information content (AvgIpc) is 3.17. The lowest BCUT2D eigenvalue weighted by molar-refractivity contribution is 0.564. The number of aromatic nitrogens is 8. The van der Waals surface area contributed by atoms with Crippen LogP contribution in [0, 0.1) is 13.8 Å². The van der Waals surface area contributed by atoms with Gasteiger partial charge in [0.15, 0.2) is 5.82 Å². The largest absolute Gasteiger partial charge is 0.229 e. The van der Waals surface area contributed by atoms with Gasteiger partial charge in [-0.2, -0.15) is 4.68 Å². The maximum Gasteiger partial charge on any atom is 0.214 e. The summed E-state index contributed by atoms with van der Waals surface area (Å²) in [5, 5.41) is 24.5. The smallest absolute Gasteiger partial charge is 0.214 e. The molecule has 0 saturated heterocycles. The fraction of sp³-hybridized carbons (Fsp3) is 0.429. The lowest BCUT2D eigenvalue weighted by Crippen LogP contribution is -2.05. The molecule has 0 bridgehead atoms. The Hall–Kier alpha value is -2.29. The lowest BCUT2D eigenvalue weighted by atomic mass is 10.1. The molecule has 0 aliphatic rings. The minimum atomic E-state index is 0.623. The average molecular weight is 330 g/mol. The molecule has 3 aromatic rings. The molecule has 0 amide bonds. The predicted molar refractivity (Wildman–Crippen MR) is 86.3 cm³/mol. The third-order valence-corrected chi connectivity index (χ3v) is 4.46. The fourth-order valence-corrected chi connectivity index (χ4v) is 2.95. The van der Waals surface area contributed by atoms with Gasteiger partial charge in [-0.3, -0.25) is 0 Å². The zero-order valence-electron chi connectivity index (χ0n) is 13.3. The lowest BCUT2D eigenvalue weighted by Gasteiger charge is -2.07. The summed E-state index contributed by atoms with van der Waals surface area (Å²) < 4.78 is 3.56. The normalized spacial score (nSPS) is 11.1. The van der Waals surface area contributed by atoms with Gasteiger partial charge in [0.1, 0.15) is 0 Å². The Morgan fingerprint density at radius 1 is 1.04 bits per heavy atom. The highest BCUT2D eigenvalue weighted by Crippen LogP contribution is 2.22. The van der Waals surface area contributed by atoms with E-state index in [1.165, 1.54) is 22.9 Å². The van der Waals surface area contributed by atoms with Crippen LogP contribution in [0.25, 0.3) is 5.69 Å². The maximum atomic E-state index is 4.11. The summed E-state index contributed by atoms with van der Waals surface area (Å²) in [6.07, 6.45) is 0.989. The van der Waals surface area contributed by atoms with Crippen LogP contribution in [0.5, 0.6) is 0 Å². The molecule has 0 radical (unpaired) electrons. The van der Waals surface area contributed by atoms with Gasteiger partial charge in [-0.25, -0.2) is 4.68 Å². The second-order valence-corrected chi connectivity index (χ2v) is 6.19. The number of rotatable bonds is 6. The molecule has 2 aromatic heterocycles. The van der Waals surface area contributed by atoms with Crippen molar-refractivity contribution < 1.29 is 0 Å². The van der Waals surface area contributed by atoms with E-state index < -0.39 is 0 Å². The van der Waals surface area contributed by atoms with Gasteiger partial charge in [0.05, 0.1) is 11.4 Å². The third kappa shape index (κ3) is 3.39. The van der Waals surface area contributed by atoms with Gasteiger partial charge in [0, 0.05) is 6.54 Å². The minimum absolute atomic E-state index is 0.623. The first-order valence-corrected chi connectivity index (χ1v) is 8.41. The van der Waals surface area contributed by atoms with E-state index in [0.29, 0.717) is 5.75 Å². The van der Waals surface area contributed by atoms with Crippen LogP contribution >= 0.6 is 11.8 Å². The van der Waals surface area contributed by atoms with E-state index in [0.717, 1.165) is 29.6 Å². The maximum absolute atomic E-state index is 4.11. The first kappa shape index (κ1) is 15.6. The molecule has 3 rings (SSSR count). The van der Waals surface area contributed by atoms with Crippen LogP contribution in [0.2, 0.25) is 0 Å². The number of hydrogen-bond acceptors (Lipinski definition) is 7. The third-order valence-electron chi connectivity index (χ3n) is 3.55. The number of benzene rings is 1. The van der Waals surface area contributed by atoms with Crippen molar-refractivity contribution in [3.05, 3.63) is 35.2 Å². The highest BCUT2D eigenvalue weighted by molar-refractivity contribution is 7.98. The summed E-state index contributed by atoms with van der Waals surface area (Å²) in [4.78, 5) is 0. The van der Waals surface area contributed by atoms with Crippen LogP contribution in [0.1, 0.15) is 30.3 Å². The monoisotopic (exact) mass is 330 g/mol. The molecule has 0 unspecified atom stereocenters. The van der Waals surface area contributed by atoms with E-state index in [9.17, 15) is 0 Å². The van der Waals surface area contributed by atoms with Gasteiger partial charge in [-0.15, -0.1) is 10.2 Å². The second kappa shape index (κ2) is 6.86. The summed E-state index contributed by atoms with van der Waals surface area (Å²) in [6.45, 7) is 7.07. The molecule has 1 aromatic carbocycles. The molecule has 0 fully saturated rings. The Balaban J connectivity index is 1.78. The Bertz CT molecular complexity index is 794. The quantitative estimate of drug-likeness (QED) is 0.638. The van der Waals surface area contributed by atoms with Crippen LogP contribution in [0.15, 0.2) is 23.4 Å². The minimum Gasteiger partial charge on any atom is -0.229 e. The SMILES string of the molecule is CCCn1nnnc1CSc1nnnn1-c1ccc(C)c(C)c1. The molecule has 8 nitrogen and oxygen atoms in total. The Kier molecular flexibility index (Phi) is 4.65. The van der Waals surface area contributed by atoms with Gasteiger partial charge in [-0.1, -0.05) is 24.8 Å². The number of aryl methyl sites for hydroxylation is 3. The summed E-state index contributed by atoms with van der Waals surface area (Å²) in [7, 11) is 0. The highest BCUT2D eigenvalue weighted by Gasteiger charge is 2.12. The van der Waals surface area contributed by atoms with Crippen LogP contribution < -0.4 is 0 Å². The second-order valence-electron chi connectivity index (χ2n) is 5.25. The standard InChI is InChI=1S/C14H18N8S/c1-4-7-21-13(15-17-19-21)9-23-14-16-18-20-22(14)12-6-5-10(2)11(3)8-12/h5-6,8H,4,7,9H2,1-3H3. The van der Waals surface area contributed by atoms with Crippen molar-refractivity contribution in [1.82, 2.24) is 40.4 Å². The molecule has 0 spiro atoms. The molecule has 0 aliphatic carbocycles. The van der Waals surface area contributed by atoms with Gasteiger partial charge in [0.2, 0.25) is 5.16 Å². The Morgan fingerprint density at radius 3 is 2.65 bits per heavy atom. The van der Waals surface area contributed by atoms with E-state index in [1.807, 2.05) is 10.7 Å². The van der Waals surface area contributed by atoms with Crippen LogP contribution in [-0.2, 0) is 12.3 Å². The molecule has 0 saturated carbocycles. The molecule has 0 aliphatic heterocycles. The van der Waals surface area contributed by atoms with Crippen LogP contribution in [0.4, 0.5) is 0 Å². The van der Waals surface area contributed by atoms with Crippen molar-refractivity contribution in [2.45, 2.75) is 44.6 Å². The number of thioether (sulfide) groups is 1. The Labute approximate surface area is 138 Å². The molecule has 23 heavy (non-hydrogen) atoms. The van der Waals surface area contributed by atoms with E-state index in [1.54, 1.807) is 4.68 Å². The topological polar surface area (TPSA) is 87.2 Å². The fourth-order valence-electron chi connectivity index (χ4n) is 2.13. The predicted octanol–water partition coefficient (Wildman–Crippen LogP) is 1.97. The van der Waals surface area contributed by atoms with Crippen molar-refractivity contribution in [3.63, 3.8) is 0 Å². The van der Waals surface area contributed by atoms with Gasteiger partial charge in [0.25, 0.3) is 0 Å². The summed E-state index contributed by atoms with van der Waals surface area (Å²) in [5.41, 5.74) is 3.41. The van der Waals surface area contributed by atoms with E-state index in [4.69, 9.17) is 0 Å². The number of nitrogens with zero attached hydrogens (tertiary/aromatic N) is 8. The van der Waals surface area contributed by atoms with Crippen molar-refractivity contribution in [2.75, 3.05) is 0 Å². The van der Waals surface area contributed by atoms with Crippen molar-refractivity contribution in [3.8, 4) is 5.69 Å². The van der Waals surface area contributed by atoms with Crippen LogP contribution in [-0.4, -0.2) is 40.4 Å². The van der Waals surface area contributed by atoms with E-state index in [-0.39, 0.29) is 0 Å². The molecule has 0 atom stereocenters.